The number of nitriles is 1. The predicted molar refractivity (Wildman–Crippen MR) is 102 cm³/mol. The second-order valence-electron chi connectivity index (χ2n) is 6.18. The molecule has 1 fully saturated rings. The zero-order valence-electron chi connectivity index (χ0n) is 13.5. The number of hydrogen-bond donors (Lipinski definition) is 0. The molecule has 0 amide bonds. The molecule has 124 valence electrons. The minimum atomic E-state index is 0.161. The first kappa shape index (κ1) is 17.2. The van der Waals surface area contributed by atoms with Crippen molar-refractivity contribution in [2.75, 3.05) is 13.1 Å². The van der Waals surface area contributed by atoms with Gasteiger partial charge < -0.3 is 4.74 Å². The van der Waals surface area contributed by atoms with Crippen LogP contribution in [0.15, 0.2) is 48.7 Å². The molecular formula is C19H20IN3O. The van der Waals surface area contributed by atoms with E-state index in [9.17, 15) is 0 Å². The number of benzene rings is 1. The summed E-state index contributed by atoms with van der Waals surface area (Å²) in [6.07, 6.45) is 4.68. The molecule has 2 heterocycles. The third-order valence-corrected chi connectivity index (χ3v) is 5.78. The fraction of sp³-hybridized carbons (Fsp3) is 0.368. The molecule has 0 saturated carbocycles. The summed E-state index contributed by atoms with van der Waals surface area (Å²) >= 11 is 2.47. The third kappa shape index (κ3) is 4.68. The summed E-state index contributed by atoms with van der Waals surface area (Å²) in [7, 11) is 0. The first-order valence-corrected chi connectivity index (χ1v) is 9.21. The van der Waals surface area contributed by atoms with Crippen LogP contribution in [0, 0.1) is 11.3 Å². The molecule has 1 aliphatic rings. The Bertz CT molecular complexity index is 689. The quantitative estimate of drug-likeness (QED) is 0.513. The standard InChI is InChI=1S/C19H20IN3O/c20-19(8-11-21)9-12-23(13-10-19)15-16-6-7-18(22-14-16)24-17-4-2-1-3-5-17/h1-7,14H,8-10,12-13,15H2. The van der Waals surface area contributed by atoms with Gasteiger partial charge in [-0.05, 0) is 43.6 Å². The average Bonchev–Trinajstić information content (AvgIpc) is 2.60. The van der Waals surface area contributed by atoms with Gasteiger partial charge in [0.05, 0.1) is 6.07 Å². The van der Waals surface area contributed by atoms with E-state index in [4.69, 9.17) is 10.00 Å². The van der Waals surface area contributed by atoms with Crippen molar-refractivity contribution in [3.05, 3.63) is 54.2 Å². The van der Waals surface area contributed by atoms with E-state index >= 15 is 0 Å². The molecule has 24 heavy (non-hydrogen) atoms. The Morgan fingerprint density at radius 3 is 2.54 bits per heavy atom. The second kappa shape index (κ2) is 7.95. The van der Waals surface area contributed by atoms with Crippen LogP contribution in [0.1, 0.15) is 24.8 Å². The lowest BCUT2D eigenvalue weighted by Crippen LogP contribution is -2.40. The first-order chi connectivity index (χ1) is 11.7. The molecule has 0 bridgehead atoms. The number of hydrogen-bond acceptors (Lipinski definition) is 4. The van der Waals surface area contributed by atoms with E-state index in [1.165, 1.54) is 5.56 Å². The lowest BCUT2D eigenvalue weighted by Gasteiger charge is -2.36. The summed E-state index contributed by atoms with van der Waals surface area (Å²) in [4.78, 5) is 6.84. The molecule has 4 nitrogen and oxygen atoms in total. The van der Waals surface area contributed by atoms with Crippen molar-refractivity contribution in [2.24, 2.45) is 0 Å². The van der Waals surface area contributed by atoms with Gasteiger partial charge >= 0.3 is 0 Å². The maximum absolute atomic E-state index is 8.93. The monoisotopic (exact) mass is 433 g/mol. The molecule has 0 atom stereocenters. The summed E-state index contributed by atoms with van der Waals surface area (Å²) in [5.41, 5.74) is 1.19. The third-order valence-electron chi connectivity index (χ3n) is 4.32. The van der Waals surface area contributed by atoms with Crippen LogP contribution in [0.5, 0.6) is 11.6 Å². The number of nitrogens with zero attached hydrogens (tertiary/aromatic N) is 3. The van der Waals surface area contributed by atoms with Gasteiger partial charge in [-0.1, -0.05) is 46.9 Å². The molecular weight excluding hydrogens is 413 g/mol. The number of para-hydroxylation sites is 1. The van der Waals surface area contributed by atoms with E-state index in [1.807, 2.05) is 42.6 Å². The lowest BCUT2D eigenvalue weighted by molar-refractivity contribution is 0.199. The minimum Gasteiger partial charge on any atom is -0.439 e. The van der Waals surface area contributed by atoms with Crippen molar-refractivity contribution < 1.29 is 4.74 Å². The largest absolute Gasteiger partial charge is 0.439 e. The van der Waals surface area contributed by atoms with E-state index < -0.39 is 0 Å². The summed E-state index contributed by atoms with van der Waals surface area (Å²) in [5, 5.41) is 8.93. The van der Waals surface area contributed by atoms with E-state index in [2.05, 4.69) is 44.6 Å². The van der Waals surface area contributed by atoms with Gasteiger partial charge in [-0.25, -0.2) is 4.98 Å². The van der Waals surface area contributed by atoms with Crippen LogP contribution in [0.2, 0.25) is 0 Å². The van der Waals surface area contributed by atoms with Crippen LogP contribution in [-0.4, -0.2) is 26.4 Å². The van der Waals surface area contributed by atoms with Crippen LogP contribution < -0.4 is 4.74 Å². The normalized spacial score (nSPS) is 17.2. The van der Waals surface area contributed by atoms with Crippen molar-refractivity contribution in [2.45, 2.75) is 29.2 Å². The van der Waals surface area contributed by atoms with E-state index in [0.29, 0.717) is 12.3 Å². The fourth-order valence-electron chi connectivity index (χ4n) is 2.86. The molecule has 2 aromatic rings. The number of halogens is 1. The Morgan fingerprint density at radius 1 is 1.17 bits per heavy atom. The number of alkyl halides is 1. The minimum absolute atomic E-state index is 0.161. The van der Waals surface area contributed by atoms with Crippen LogP contribution >= 0.6 is 22.6 Å². The van der Waals surface area contributed by atoms with Gasteiger partial charge in [0.2, 0.25) is 5.88 Å². The smallest absolute Gasteiger partial charge is 0.219 e. The molecule has 1 aromatic carbocycles. The molecule has 0 radical (unpaired) electrons. The maximum Gasteiger partial charge on any atom is 0.219 e. The first-order valence-electron chi connectivity index (χ1n) is 8.13. The topological polar surface area (TPSA) is 49.2 Å². The van der Waals surface area contributed by atoms with Gasteiger partial charge in [0.15, 0.2) is 0 Å². The number of piperidine rings is 1. The van der Waals surface area contributed by atoms with Crippen molar-refractivity contribution in [1.82, 2.24) is 9.88 Å². The number of rotatable bonds is 5. The van der Waals surface area contributed by atoms with E-state index in [-0.39, 0.29) is 3.42 Å². The molecule has 1 saturated heterocycles. The molecule has 0 unspecified atom stereocenters. The van der Waals surface area contributed by atoms with Gasteiger partial charge in [0.1, 0.15) is 5.75 Å². The second-order valence-corrected chi connectivity index (χ2v) is 8.47. The highest BCUT2D eigenvalue weighted by Gasteiger charge is 2.31. The van der Waals surface area contributed by atoms with Crippen molar-refractivity contribution >= 4 is 22.6 Å². The molecule has 0 spiro atoms. The van der Waals surface area contributed by atoms with Gasteiger partial charge in [-0.2, -0.15) is 5.26 Å². The van der Waals surface area contributed by atoms with Crippen molar-refractivity contribution in [3.63, 3.8) is 0 Å². The summed E-state index contributed by atoms with van der Waals surface area (Å²) in [6, 6.07) is 16.0. The van der Waals surface area contributed by atoms with Crippen LogP contribution in [0.25, 0.3) is 0 Å². The Labute approximate surface area is 156 Å². The SMILES string of the molecule is N#CCC1(I)CCN(Cc2ccc(Oc3ccccc3)nc2)CC1. The zero-order chi connectivity index (χ0) is 16.8. The fourth-order valence-corrected chi connectivity index (χ4v) is 3.52. The number of ether oxygens (including phenoxy) is 1. The highest BCUT2D eigenvalue weighted by atomic mass is 127. The number of pyridine rings is 1. The van der Waals surface area contributed by atoms with Crippen LogP contribution in [0.4, 0.5) is 0 Å². The zero-order valence-corrected chi connectivity index (χ0v) is 15.6. The van der Waals surface area contributed by atoms with Crippen LogP contribution in [0.3, 0.4) is 0 Å². The van der Waals surface area contributed by atoms with Gasteiger partial charge in [0.25, 0.3) is 0 Å². The Morgan fingerprint density at radius 2 is 1.92 bits per heavy atom. The summed E-state index contributed by atoms with van der Waals surface area (Å²) in [5.74, 6) is 1.41. The number of likely N-dealkylation sites (tertiary alicyclic amines) is 1. The molecule has 1 aromatic heterocycles. The van der Waals surface area contributed by atoms with Crippen LogP contribution in [-0.2, 0) is 6.54 Å². The molecule has 0 aliphatic carbocycles. The lowest BCUT2D eigenvalue weighted by atomic mass is 9.94. The average molecular weight is 433 g/mol. The van der Waals surface area contributed by atoms with Gasteiger partial charge in [0, 0.05) is 28.7 Å². The molecule has 1 aliphatic heterocycles. The Kier molecular flexibility index (Phi) is 5.69. The van der Waals surface area contributed by atoms with Gasteiger partial charge in [-0.3, -0.25) is 4.90 Å². The van der Waals surface area contributed by atoms with Gasteiger partial charge in [-0.15, -0.1) is 0 Å². The molecule has 3 rings (SSSR count). The van der Waals surface area contributed by atoms with E-state index in [0.717, 1.165) is 38.2 Å². The van der Waals surface area contributed by atoms with Crippen molar-refractivity contribution in [1.29, 1.82) is 5.26 Å². The Balaban J connectivity index is 1.53. The highest BCUT2D eigenvalue weighted by Crippen LogP contribution is 2.35. The molecule has 0 N–H and O–H groups in total. The molecule has 5 heteroatoms. The number of aromatic nitrogens is 1. The highest BCUT2D eigenvalue weighted by molar-refractivity contribution is 14.1. The summed E-state index contributed by atoms with van der Waals surface area (Å²) < 4.78 is 5.88. The van der Waals surface area contributed by atoms with Crippen molar-refractivity contribution in [3.8, 4) is 17.7 Å². The predicted octanol–water partition coefficient (Wildman–Crippen LogP) is 4.56. The van der Waals surface area contributed by atoms with E-state index in [1.54, 1.807) is 0 Å². The summed E-state index contributed by atoms with van der Waals surface area (Å²) in [6.45, 7) is 2.97. The Hall–Kier alpha value is -1.65. The maximum atomic E-state index is 8.93.